The maximum absolute atomic E-state index is 13.3. The first-order chi connectivity index (χ1) is 17.4. The van der Waals surface area contributed by atoms with Crippen LogP contribution < -0.4 is 14.2 Å². The third-order valence-electron chi connectivity index (χ3n) is 6.34. The molecule has 1 fully saturated rings. The molecule has 0 aliphatic carbocycles. The highest BCUT2D eigenvalue weighted by molar-refractivity contribution is 6.46. The normalized spacial score (nSPS) is 17.1. The van der Waals surface area contributed by atoms with E-state index in [4.69, 9.17) is 14.2 Å². The number of likely N-dealkylation sites (tertiary alicyclic amines) is 1. The van der Waals surface area contributed by atoms with Crippen LogP contribution >= 0.6 is 0 Å². The van der Waals surface area contributed by atoms with Crippen molar-refractivity contribution in [2.24, 2.45) is 0 Å². The molecule has 1 amide bonds. The topological polar surface area (TPSA) is 88.5 Å². The van der Waals surface area contributed by atoms with Crippen molar-refractivity contribution >= 4 is 17.4 Å². The quantitative estimate of drug-likeness (QED) is 0.267. The molecule has 3 rings (SSSR count). The second kappa shape index (κ2) is 12.4. The van der Waals surface area contributed by atoms with Crippen molar-refractivity contribution in [2.75, 3.05) is 46.5 Å². The van der Waals surface area contributed by atoms with Crippen molar-refractivity contribution in [3.8, 4) is 17.2 Å². The smallest absolute Gasteiger partial charge is 0.295 e. The molecule has 0 unspecified atom stereocenters. The fourth-order valence-corrected chi connectivity index (χ4v) is 4.39. The summed E-state index contributed by atoms with van der Waals surface area (Å²) in [6.45, 7) is 11.4. The monoisotopic (exact) mass is 496 g/mol. The summed E-state index contributed by atoms with van der Waals surface area (Å²) in [4.78, 5) is 30.3. The summed E-state index contributed by atoms with van der Waals surface area (Å²) in [7, 11) is 1.55. The predicted molar refractivity (Wildman–Crippen MR) is 139 cm³/mol. The Morgan fingerprint density at radius 3 is 2.17 bits per heavy atom. The van der Waals surface area contributed by atoms with Crippen LogP contribution in [0.15, 0.2) is 48.0 Å². The summed E-state index contributed by atoms with van der Waals surface area (Å²) < 4.78 is 16.7. The summed E-state index contributed by atoms with van der Waals surface area (Å²) in [5.41, 5.74) is 1.14. The van der Waals surface area contributed by atoms with Crippen molar-refractivity contribution in [3.63, 3.8) is 0 Å². The molecule has 8 nitrogen and oxygen atoms in total. The molecule has 2 aromatic carbocycles. The van der Waals surface area contributed by atoms with Gasteiger partial charge in [-0.15, -0.1) is 0 Å². The van der Waals surface area contributed by atoms with Crippen LogP contribution in [-0.4, -0.2) is 73.1 Å². The fraction of sp³-hybridized carbons (Fsp3) is 0.429. The Kier molecular flexibility index (Phi) is 9.36. The lowest BCUT2D eigenvalue weighted by atomic mass is 9.95. The maximum Gasteiger partial charge on any atom is 0.295 e. The summed E-state index contributed by atoms with van der Waals surface area (Å²) in [6.07, 6.45) is 0. The number of likely N-dealkylation sites (N-methyl/N-ethyl adjacent to an activating group) is 1. The van der Waals surface area contributed by atoms with E-state index in [0.29, 0.717) is 54.7 Å². The van der Waals surface area contributed by atoms with E-state index in [0.717, 1.165) is 13.1 Å². The molecule has 8 heteroatoms. The third kappa shape index (κ3) is 5.65. The first-order valence-corrected chi connectivity index (χ1v) is 12.4. The van der Waals surface area contributed by atoms with E-state index in [2.05, 4.69) is 18.7 Å². The molecule has 2 aromatic rings. The zero-order valence-electron chi connectivity index (χ0n) is 21.7. The van der Waals surface area contributed by atoms with Gasteiger partial charge in [0, 0.05) is 18.7 Å². The van der Waals surface area contributed by atoms with Crippen LogP contribution in [0.5, 0.6) is 17.2 Å². The molecule has 0 radical (unpaired) electrons. The van der Waals surface area contributed by atoms with Crippen LogP contribution in [0, 0.1) is 0 Å². The van der Waals surface area contributed by atoms with Crippen molar-refractivity contribution in [1.82, 2.24) is 9.80 Å². The Hall–Kier alpha value is -3.52. The first kappa shape index (κ1) is 27.1. The Labute approximate surface area is 213 Å². The van der Waals surface area contributed by atoms with E-state index in [1.807, 2.05) is 19.9 Å². The lowest BCUT2D eigenvalue weighted by Crippen LogP contribution is -2.38. The van der Waals surface area contributed by atoms with E-state index in [9.17, 15) is 14.7 Å². The van der Waals surface area contributed by atoms with Crippen LogP contribution in [0.1, 0.15) is 44.9 Å². The van der Waals surface area contributed by atoms with Gasteiger partial charge in [-0.2, -0.15) is 0 Å². The average Bonchev–Trinajstić information content (AvgIpc) is 3.15. The van der Waals surface area contributed by atoms with Crippen LogP contribution in [0.3, 0.4) is 0 Å². The Morgan fingerprint density at radius 1 is 0.944 bits per heavy atom. The maximum atomic E-state index is 13.3. The number of hydrogen-bond donors (Lipinski definition) is 1. The third-order valence-corrected chi connectivity index (χ3v) is 6.34. The van der Waals surface area contributed by atoms with Gasteiger partial charge < -0.3 is 29.1 Å². The summed E-state index contributed by atoms with van der Waals surface area (Å²) in [5, 5.41) is 11.3. The number of amides is 1. The molecule has 0 saturated carbocycles. The van der Waals surface area contributed by atoms with E-state index < -0.39 is 17.7 Å². The average molecular weight is 497 g/mol. The number of Topliss-reactive ketones (excluding diaryl/α,β-unsaturated/α-hetero) is 1. The largest absolute Gasteiger partial charge is 0.507 e. The molecule has 0 aromatic heterocycles. The van der Waals surface area contributed by atoms with Crippen molar-refractivity contribution in [2.45, 2.75) is 33.7 Å². The number of methoxy groups -OCH3 is 1. The van der Waals surface area contributed by atoms with Gasteiger partial charge in [-0.05, 0) is 68.9 Å². The molecule has 194 valence electrons. The number of rotatable bonds is 12. The lowest BCUT2D eigenvalue weighted by Gasteiger charge is -2.28. The van der Waals surface area contributed by atoms with Crippen molar-refractivity contribution in [1.29, 1.82) is 0 Å². The standard InChI is InChI=1S/C28H36N2O6/c1-6-29(7-2)16-17-30-25(20-12-15-22(35-8-3)23(18-20)36-9-4)24(27(32)28(30)33)26(31)19-10-13-21(34-5)14-11-19/h10-15,18,25,31H,6-9,16-17H2,1-5H3/t25-/m0/s1. The summed E-state index contributed by atoms with van der Waals surface area (Å²) in [6, 6.07) is 11.3. The Balaban J connectivity index is 2.14. The minimum Gasteiger partial charge on any atom is -0.507 e. The predicted octanol–water partition coefficient (Wildman–Crippen LogP) is 4.26. The summed E-state index contributed by atoms with van der Waals surface area (Å²) >= 11 is 0. The molecular formula is C28H36N2O6. The minimum absolute atomic E-state index is 0.0522. The highest BCUT2D eigenvalue weighted by Crippen LogP contribution is 2.42. The SMILES string of the molecule is CCOc1ccc([C@H]2C(=C(O)c3ccc(OC)cc3)C(=O)C(=O)N2CCN(CC)CC)cc1OCC. The van der Waals surface area contributed by atoms with Crippen LogP contribution in [0.2, 0.25) is 0 Å². The number of carbonyl (C=O) groups excluding carboxylic acids is 2. The van der Waals surface area contributed by atoms with E-state index in [1.54, 1.807) is 48.4 Å². The second-order valence-electron chi connectivity index (χ2n) is 8.32. The van der Waals surface area contributed by atoms with Gasteiger partial charge in [0.05, 0.1) is 31.9 Å². The number of hydrogen-bond acceptors (Lipinski definition) is 7. The van der Waals surface area contributed by atoms with Gasteiger partial charge in [0.25, 0.3) is 11.7 Å². The number of aliphatic hydroxyl groups is 1. The molecule has 1 saturated heterocycles. The molecule has 1 aliphatic rings. The fourth-order valence-electron chi connectivity index (χ4n) is 4.39. The Morgan fingerprint density at radius 2 is 1.58 bits per heavy atom. The zero-order chi connectivity index (χ0) is 26.2. The lowest BCUT2D eigenvalue weighted by molar-refractivity contribution is -0.140. The minimum atomic E-state index is -0.766. The Bertz CT molecular complexity index is 1090. The number of benzene rings is 2. The van der Waals surface area contributed by atoms with Gasteiger partial charge in [0.15, 0.2) is 11.5 Å². The molecular weight excluding hydrogens is 460 g/mol. The number of ether oxygens (including phenoxy) is 3. The molecule has 1 N–H and O–H groups in total. The van der Waals surface area contributed by atoms with Gasteiger partial charge in [0.1, 0.15) is 11.5 Å². The highest BCUT2D eigenvalue weighted by atomic mass is 16.5. The van der Waals surface area contributed by atoms with Gasteiger partial charge in [-0.25, -0.2) is 0 Å². The zero-order valence-corrected chi connectivity index (χ0v) is 21.7. The van der Waals surface area contributed by atoms with E-state index >= 15 is 0 Å². The van der Waals surface area contributed by atoms with Crippen LogP contribution in [0.4, 0.5) is 0 Å². The van der Waals surface area contributed by atoms with Crippen LogP contribution in [-0.2, 0) is 9.59 Å². The molecule has 1 aliphatic heterocycles. The number of aliphatic hydroxyl groups excluding tert-OH is 1. The van der Waals surface area contributed by atoms with Crippen molar-refractivity contribution < 1.29 is 28.9 Å². The van der Waals surface area contributed by atoms with Gasteiger partial charge in [-0.1, -0.05) is 19.9 Å². The number of ketones is 1. The number of carbonyl (C=O) groups is 2. The van der Waals surface area contributed by atoms with Gasteiger partial charge in [-0.3, -0.25) is 9.59 Å². The van der Waals surface area contributed by atoms with Crippen molar-refractivity contribution in [3.05, 3.63) is 59.2 Å². The first-order valence-electron chi connectivity index (χ1n) is 12.4. The van der Waals surface area contributed by atoms with E-state index in [1.165, 1.54) is 0 Å². The molecule has 0 bridgehead atoms. The van der Waals surface area contributed by atoms with E-state index in [-0.39, 0.29) is 11.3 Å². The highest BCUT2D eigenvalue weighted by Gasteiger charge is 2.46. The molecule has 1 heterocycles. The van der Waals surface area contributed by atoms with Crippen LogP contribution in [0.25, 0.3) is 5.76 Å². The molecule has 36 heavy (non-hydrogen) atoms. The van der Waals surface area contributed by atoms with Gasteiger partial charge >= 0.3 is 0 Å². The van der Waals surface area contributed by atoms with Gasteiger partial charge in [0.2, 0.25) is 0 Å². The number of nitrogens with zero attached hydrogens (tertiary/aromatic N) is 2. The molecule has 0 spiro atoms. The molecule has 1 atom stereocenters. The second-order valence-corrected chi connectivity index (χ2v) is 8.32. The summed E-state index contributed by atoms with van der Waals surface area (Å²) in [5.74, 6) is 0.163.